The number of aliphatic hydroxyl groups excluding tert-OH is 1. The predicted octanol–water partition coefficient (Wildman–Crippen LogP) is 3.74. The van der Waals surface area contributed by atoms with Crippen LogP contribution in [0.4, 0.5) is 4.39 Å². The van der Waals surface area contributed by atoms with Gasteiger partial charge in [-0.3, -0.25) is 0 Å². The molecule has 1 N–H and O–H groups in total. The second kappa shape index (κ2) is 6.86. The summed E-state index contributed by atoms with van der Waals surface area (Å²) in [6.45, 7) is 0. The zero-order valence-electron chi connectivity index (χ0n) is 11.1. The first-order valence-electron chi connectivity index (χ1n) is 6.34. The first-order valence-corrected chi connectivity index (χ1v) is 7.13. The minimum atomic E-state index is -0.554. The molecule has 2 rings (SSSR count). The summed E-state index contributed by atoms with van der Waals surface area (Å²) in [5.41, 5.74) is 1.79. The summed E-state index contributed by atoms with van der Waals surface area (Å²) in [6, 6.07) is 12.4. The van der Waals surface area contributed by atoms with E-state index < -0.39 is 6.10 Å². The number of aliphatic hydroxyl groups is 1. The Labute approximate surface area is 126 Å². The summed E-state index contributed by atoms with van der Waals surface area (Å²) in [4.78, 5) is 0. The fraction of sp³-hybridized carbons (Fsp3) is 0.250. The van der Waals surface area contributed by atoms with Crippen molar-refractivity contribution in [2.24, 2.45) is 0 Å². The number of benzene rings is 2. The molecule has 2 nitrogen and oxygen atoms in total. The van der Waals surface area contributed by atoms with Gasteiger partial charge in [-0.1, -0.05) is 24.3 Å². The Hall–Kier alpha value is -1.39. The SMILES string of the molecule is COc1ccc(CC(O)Cc2cccc(F)c2Br)cc1. The van der Waals surface area contributed by atoms with E-state index in [1.807, 2.05) is 30.3 Å². The van der Waals surface area contributed by atoms with Crippen molar-refractivity contribution in [3.8, 4) is 5.75 Å². The monoisotopic (exact) mass is 338 g/mol. The van der Waals surface area contributed by atoms with Crippen LogP contribution in [0.1, 0.15) is 11.1 Å². The molecule has 0 bridgehead atoms. The van der Waals surface area contributed by atoms with Crippen LogP contribution in [0.2, 0.25) is 0 Å². The van der Waals surface area contributed by atoms with Crippen LogP contribution < -0.4 is 4.74 Å². The van der Waals surface area contributed by atoms with Crippen LogP contribution in [-0.4, -0.2) is 18.3 Å². The molecule has 2 aromatic carbocycles. The van der Waals surface area contributed by atoms with E-state index in [2.05, 4.69) is 15.9 Å². The number of halogens is 2. The molecule has 2 aromatic rings. The quantitative estimate of drug-likeness (QED) is 0.899. The Balaban J connectivity index is 2.01. The first kappa shape index (κ1) is 15.0. The van der Waals surface area contributed by atoms with Crippen LogP contribution >= 0.6 is 15.9 Å². The standard InChI is InChI=1S/C16H16BrFO2/c1-20-14-7-5-11(6-8-14)9-13(19)10-12-3-2-4-15(18)16(12)17/h2-8,13,19H,9-10H2,1H3. The molecule has 106 valence electrons. The van der Waals surface area contributed by atoms with E-state index in [0.29, 0.717) is 17.3 Å². The number of hydrogen-bond donors (Lipinski definition) is 1. The largest absolute Gasteiger partial charge is 0.497 e. The number of ether oxygens (including phenoxy) is 1. The van der Waals surface area contributed by atoms with Gasteiger partial charge in [0.25, 0.3) is 0 Å². The molecule has 4 heteroatoms. The van der Waals surface area contributed by atoms with Crippen molar-refractivity contribution in [1.82, 2.24) is 0 Å². The number of hydrogen-bond acceptors (Lipinski definition) is 2. The fourth-order valence-electron chi connectivity index (χ4n) is 2.07. The molecular formula is C16H16BrFO2. The molecule has 0 amide bonds. The van der Waals surface area contributed by atoms with Gasteiger partial charge in [-0.25, -0.2) is 4.39 Å². The normalized spacial score (nSPS) is 12.2. The molecule has 0 aliphatic heterocycles. The smallest absolute Gasteiger partial charge is 0.137 e. The maximum absolute atomic E-state index is 13.4. The van der Waals surface area contributed by atoms with Crippen molar-refractivity contribution in [2.45, 2.75) is 18.9 Å². The molecule has 0 spiro atoms. The molecule has 0 aliphatic rings. The third-order valence-electron chi connectivity index (χ3n) is 3.12. The number of methoxy groups -OCH3 is 1. The maximum Gasteiger partial charge on any atom is 0.137 e. The van der Waals surface area contributed by atoms with Gasteiger partial charge >= 0.3 is 0 Å². The lowest BCUT2D eigenvalue weighted by Gasteiger charge is -2.12. The first-order chi connectivity index (χ1) is 9.60. The van der Waals surface area contributed by atoms with E-state index in [9.17, 15) is 9.50 Å². The third kappa shape index (κ3) is 3.81. The van der Waals surface area contributed by atoms with Crippen LogP contribution in [0.25, 0.3) is 0 Å². The molecule has 1 unspecified atom stereocenters. The second-order valence-electron chi connectivity index (χ2n) is 4.62. The van der Waals surface area contributed by atoms with Crippen LogP contribution in [-0.2, 0) is 12.8 Å². The van der Waals surface area contributed by atoms with Gasteiger partial charge in [0.2, 0.25) is 0 Å². The summed E-state index contributed by atoms with van der Waals surface area (Å²) in [5.74, 6) is 0.482. The second-order valence-corrected chi connectivity index (χ2v) is 5.42. The van der Waals surface area contributed by atoms with E-state index in [4.69, 9.17) is 4.74 Å². The van der Waals surface area contributed by atoms with Crippen LogP contribution in [0.15, 0.2) is 46.9 Å². The van der Waals surface area contributed by atoms with Gasteiger partial charge in [0.1, 0.15) is 11.6 Å². The molecule has 0 saturated heterocycles. The van der Waals surface area contributed by atoms with Gasteiger partial charge in [0, 0.05) is 0 Å². The van der Waals surface area contributed by atoms with Gasteiger partial charge in [0.15, 0.2) is 0 Å². The van der Waals surface area contributed by atoms with Crippen molar-refractivity contribution in [3.05, 3.63) is 63.9 Å². The summed E-state index contributed by atoms with van der Waals surface area (Å²) in [6.07, 6.45) is 0.374. The van der Waals surface area contributed by atoms with Crippen molar-refractivity contribution < 1.29 is 14.2 Å². The highest BCUT2D eigenvalue weighted by Crippen LogP contribution is 2.22. The van der Waals surface area contributed by atoms with Crippen molar-refractivity contribution in [1.29, 1.82) is 0 Å². The van der Waals surface area contributed by atoms with E-state index in [0.717, 1.165) is 16.9 Å². The maximum atomic E-state index is 13.4. The Morgan fingerprint density at radius 3 is 2.50 bits per heavy atom. The Morgan fingerprint density at radius 1 is 1.15 bits per heavy atom. The van der Waals surface area contributed by atoms with Gasteiger partial charge in [-0.15, -0.1) is 0 Å². The fourth-order valence-corrected chi connectivity index (χ4v) is 2.49. The number of rotatable bonds is 5. The van der Waals surface area contributed by atoms with Gasteiger partial charge in [-0.2, -0.15) is 0 Å². The lowest BCUT2D eigenvalue weighted by molar-refractivity contribution is 0.175. The van der Waals surface area contributed by atoms with Crippen LogP contribution in [0.5, 0.6) is 5.75 Å². The Kier molecular flexibility index (Phi) is 5.15. The van der Waals surface area contributed by atoms with Crippen LogP contribution in [0, 0.1) is 5.82 Å². The van der Waals surface area contributed by atoms with Crippen molar-refractivity contribution >= 4 is 15.9 Å². The molecular weight excluding hydrogens is 323 g/mol. The average Bonchev–Trinajstić information content (AvgIpc) is 2.45. The highest BCUT2D eigenvalue weighted by atomic mass is 79.9. The third-order valence-corrected chi connectivity index (χ3v) is 4.01. The molecule has 20 heavy (non-hydrogen) atoms. The van der Waals surface area contributed by atoms with E-state index >= 15 is 0 Å². The molecule has 0 aliphatic carbocycles. The van der Waals surface area contributed by atoms with Gasteiger partial charge in [0.05, 0.1) is 17.7 Å². The zero-order chi connectivity index (χ0) is 14.5. The van der Waals surface area contributed by atoms with Crippen LogP contribution in [0.3, 0.4) is 0 Å². The minimum Gasteiger partial charge on any atom is -0.497 e. The predicted molar refractivity (Wildman–Crippen MR) is 80.5 cm³/mol. The minimum absolute atomic E-state index is 0.306. The van der Waals surface area contributed by atoms with Gasteiger partial charge in [-0.05, 0) is 58.1 Å². The van der Waals surface area contributed by atoms with Crippen molar-refractivity contribution in [3.63, 3.8) is 0 Å². The lowest BCUT2D eigenvalue weighted by atomic mass is 10.0. The highest BCUT2D eigenvalue weighted by Gasteiger charge is 2.11. The van der Waals surface area contributed by atoms with E-state index in [-0.39, 0.29) is 5.82 Å². The summed E-state index contributed by atoms with van der Waals surface area (Å²) in [5, 5.41) is 10.1. The lowest BCUT2D eigenvalue weighted by Crippen LogP contribution is -2.14. The summed E-state index contributed by atoms with van der Waals surface area (Å²) in [7, 11) is 1.62. The van der Waals surface area contributed by atoms with E-state index in [1.54, 1.807) is 13.2 Å². The van der Waals surface area contributed by atoms with Crippen molar-refractivity contribution in [2.75, 3.05) is 7.11 Å². The molecule has 0 saturated carbocycles. The zero-order valence-corrected chi connectivity index (χ0v) is 12.7. The van der Waals surface area contributed by atoms with Gasteiger partial charge < -0.3 is 9.84 Å². The molecule has 0 fully saturated rings. The van der Waals surface area contributed by atoms with E-state index in [1.165, 1.54) is 6.07 Å². The summed E-state index contributed by atoms with van der Waals surface area (Å²) >= 11 is 3.21. The molecule has 0 radical (unpaired) electrons. The highest BCUT2D eigenvalue weighted by molar-refractivity contribution is 9.10. The Morgan fingerprint density at radius 2 is 1.85 bits per heavy atom. The molecule has 0 heterocycles. The molecule has 1 atom stereocenters. The summed E-state index contributed by atoms with van der Waals surface area (Å²) < 4.78 is 18.9. The average molecular weight is 339 g/mol. The molecule has 0 aromatic heterocycles. The Bertz CT molecular complexity index is 569. The topological polar surface area (TPSA) is 29.5 Å².